The summed E-state index contributed by atoms with van der Waals surface area (Å²) in [6, 6.07) is 11.3. The van der Waals surface area contributed by atoms with E-state index in [1.165, 1.54) is 0 Å². The molecular weight excluding hydrogens is 212 g/mol. The lowest BCUT2D eigenvalue weighted by Crippen LogP contribution is -1.88. The predicted molar refractivity (Wildman–Crippen MR) is 64.9 cm³/mol. The molecule has 0 saturated heterocycles. The lowest BCUT2D eigenvalue weighted by atomic mass is 10.1. The van der Waals surface area contributed by atoms with Crippen molar-refractivity contribution < 1.29 is 4.74 Å². The van der Waals surface area contributed by atoms with Crippen LogP contribution in [-0.4, -0.2) is 4.98 Å². The zero-order valence-corrected chi connectivity index (χ0v) is 9.77. The minimum absolute atomic E-state index is 0.666. The second-order valence-electron chi connectivity index (χ2n) is 3.83. The number of nitrogens with zero attached hydrogens (tertiary/aromatic N) is 2. The first-order valence-electron chi connectivity index (χ1n) is 5.30. The Bertz CT molecular complexity index is 568. The molecule has 1 heterocycles. The number of hydrogen-bond donors (Lipinski definition) is 0. The van der Waals surface area contributed by atoms with Crippen LogP contribution in [0.4, 0.5) is 0 Å². The Morgan fingerprint density at radius 3 is 2.47 bits per heavy atom. The lowest BCUT2D eigenvalue weighted by molar-refractivity contribution is 0.479. The van der Waals surface area contributed by atoms with Gasteiger partial charge in [-0.2, -0.15) is 5.26 Å². The van der Waals surface area contributed by atoms with Crippen molar-refractivity contribution in [3.63, 3.8) is 0 Å². The minimum Gasteiger partial charge on any atom is -0.456 e. The van der Waals surface area contributed by atoms with Crippen LogP contribution in [0, 0.1) is 25.2 Å². The first-order chi connectivity index (χ1) is 8.19. The number of rotatable bonds is 2. The van der Waals surface area contributed by atoms with Gasteiger partial charge < -0.3 is 4.74 Å². The number of aryl methyl sites for hydroxylation is 2. The molecule has 0 unspecified atom stereocenters. The first kappa shape index (κ1) is 11.2. The Morgan fingerprint density at radius 2 is 1.88 bits per heavy atom. The molecule has 0 radical (unpaired) electrons. The topological polar surface area (TPSA) is 45.9 Å². The maximum Gasteiger partial charge on any atom is 0.145 e. The van der Waals surface area contributed by atoms with E-state index in [-0.39, 0.29) is 0 Å². The standard InChI is InChI=1S/C14H12N2O/c1-10-7-13(6-4-12(10)8-15)17-14-5-3-11(2)16-9-14/h3-7,9H,1-2H3. The van der Waals surface area contributed by atoms with E-state index < -0.39 is 0 Å². The molecular formula is C14H12N2O. The van der Waals surface area contributed by atoms with Crippen molar-refractivity contribution in [1.82, 2.24) is 4.98 Å². The number of benzene rings is 1. The summed E-state index contributed by atoms with van der Waals surface area (Å²) in [6.07, 6.45) is 1.68. The third kappa shape index (κ3) is 2.61. The number of nitriles is 1. The van der Waals surface area contributed by atoms with Crippen LogP contribution >= 0.6 is 0 Å². The molecule has 1 aromatic carbocycles. The molecule has 0 aliphatic heterocycles. The lowest BCUT2D eigenvalue weighted by Gasteiger charge is -2.06. The van der Waals surface area contributed by atoms with Crippen molar-refractivity contribution in [2.24, 2.45) is 0 Å². The van der Waals surface area contributed by atoms with E-state index in [1.54, 1.807) is 18.3 Å². The van der Waals surface area contributed by atoms with Gasteiger partial charge in [0, 0.05) is 5.69 Å². The van der Waals surface area contributed by atoms with Gasteiger partial charge >= 0.3 is 0 Å². The maximum absolute atomic E-state index is 8.83. The molecule has 3 nitrogen and oxygen atoms in total. The average Bonchev–Trinajstić information content (AvgIpc) is 2.32. The van der Waals surface area contributed by atoms with Crippen molar-refractivity contribution in [1.29, 1.82) is 5.26 Å². The van der Waals surface area contributed by atoms with E-state index in [0.717, 1.165) is 11.3 Å². The summed E-state index contributed by atoms with van der Waals surface area (Å²) in [5.74, 6) is 1.41. The van der Waals surface area contributed by atoms with E-state index in [4.69, 9.17) is 10.00 Å². The number of aromatic nitrogens is 1. The van der Waals surface area contributed by atoms with Gasteiger partial charge in [0.1, 0.15) is 11.5 Å². The summed E-state index contributed by atoms with van der Waals surface area (Å²) in [5.41, 5.74) is 2.53. The van der Waals surface area contributed by atoms with E-state index >= 15 is 0 Å². The molecule has 0 saturated carbocycles. The van der Waals surface area contributed by atoms with Crippen LogP contribution in [0.25, 0.3) is 0 Å². The van der Waals surface area contributed by atoms with Crippen molar-refractivity contribution in [2.75, 3.05) is 0 Å². The van der Waals surface area contributed by atoms with E-state index in [1.807, 2.05) is 32.0 Å². The van der Waals surface area contributed by atoms with Crippen molar-refractivity contribution in [3.05, 3.63) is 53.3 Å². The molecule has 0 amide bonds. The van der Waals surface area contributed by atoms with Gasteiger partial charge in [0.25, 0.3) is 0 Å². The highest BCUT2D eigenvalue weighted by Crippen LogP contribution is 2.23. The van der Waals surface area contributed by atoms with Gasteiger partial charge in [0.15, 0.2) is 0 Å². The van der Waals surface area contributed by atoms with Crippen molar-refractivity contribution in [2.45, 2.75) is 13.8 Å². The van der Waals surface area contributed by atoms with Gasteiger partial charge in [-0.1, -0.05) is 0 Å². The van der Waals surface area contributed by atoms with E-state index in [9.17, 15) is 0 Å². The van der Waals surface area contributed by atoms with Crippen LogP contribution in [0.5, 0.6) is 11.5 Å². The Balaban J connectivity index is 2.22. The second kappa shape index (κ2) is 4.67. The highest BCUT2D eigenvalue weighted by atomic mass is 16.5. The Morgan fingerprint density at radius 1 is 1.12 bits per heavy atom. The molecule has 0 atom stereocenters. The van der Waals surface area contributed by atoms with E-state index in [0.29, 0.717) is 17.1 Å². The SMILES string of the molecule is Cc1ccc(Oc2ccc(C#N)c(C)c2)cn1. The van der Waals surface area contributed by atoms with Gasteiger partial charge in [0.2, 0.25) is 0 Å². The molecule has 1 aromatic heterocycles. The van der Waals surface area contributed by atoms with Gasteiger partial charge in [-0.3, -0.25) is 4.98 Å². The van der Waals surface area contributed by atoms with Gasteiger partial charge in [-0.05, 0) is 49.7 Å². The molecule has 2 rings (SSSR count). The van der Waals surface area contributed by atoms with Crippen molar-refractivity contribution in [3.8, 4) is 17.6 Å². The summed E-state index contributed by atoms with van der Waals surface area (Å²) in [4.78, 5) is 4.15. The normalized spacial score (nSPS) is 9.71. The van der Waals surface area contributed by atoms with Crippen LogP contribution < -0.4 is 4.74 Å². The number of ether oxygens (including phenoxy) is 1. The predicted octanol–water partition coefficient (Wildman–Crippen LogP) is 3.36. The summed E-state index contributed by atoms with van der Waals surface area (Å²) in [7, 11) is 0. The molecule has 2 aromatic rings. The Kier molecular flexibility index (Phi) is 3.06. The van der Waals surface area contributed by atoms with Gasteiger partial charge in [-0.25, -0.2) is 0 Å². The fourth-order valence-corrected chi connectivity index (χ4v) is 1.48. The maximum atomic E-state index is 8.83. The molecule has 0 bridgehead atoms. The number of pyridine rings is 1. The summed E-state index contributed by atoms with van der Waals surface area (Å²) < 4.78 is 5.64. The molecule has 0 aliphatic carbocycles. The molecule has 0 spiro atoms. The summed E-state index contributed by atoms with van der Waals surface area (Å²) in [6.45, 7) is 3.81. The highest BCUT2D eigenvalue weighted by Gasteiger charge is 2.01. The summed E-state index contributed by atoms with van der Waals surface area (Å²) >= 11 is 0. The van der Waals surface area contributed by atoms with Crippen molar-refractivity contribution >= 4 is 0 Å². The van der Waals surface area contributed by atoms with E-state index in [2.05, 4.69) is 11.1 Å². The third-order valence-electron chi connectivity index (χ3n) is 2.44. The number of hydrogen-bond acceptors (Lipinski definition) is 3. The Labute approximate surface area is 100 Å². The fraction of sp³-hybridized carbons (Fsp3) is 0.143. The fourth-order valence-electron chi connectivity index (χ4n) is 1.48. The molecule has 0 N–H and O–H groups in total. The summed E-state index contributed by atoms with van der Waals surface area (Å²) in [5, 5.41) is 8.83. The van der Waals surface area contributed by atoms with Crippen LogP contribution in [0.3, 0.4) is 0 Å². The van der Waals surface area contributed by atoms with Gasteiger partial charge in [-0.15, -0.1) is 0 Å². The minimum atomic E-state index is 0.666. The smallest absolute Gasteiger partial charge is 0.145 e. The Hall–Kier alpha value is -2.34. The first-order valence-corrected chi connectivity index (χ1v) is 5.30. The molecule has 0 aliphatic rings. The zero-order chi connectivity index (χ0) is 12.3. The second-order valence-corrected chi connectivity index (χ2v) is 3.83. The van der Waals surface area contributed by atoms with Crippen LogP contribution in [0.1, 0.15) is 16.8 Å². The average molecular weight is 224 g/mol. The highest BCUT2D eigenvalue weighted by molar-refractivity contribution is 5.43. The third-order valence-corrected chi connectivity index (χ3v) is 2.44. The molecule has 17 heavy (non-hydrogen) atoms. The molecule has 3 heteroatoms. The molecule has 0 fully saturated rings. The van der Waals surface area contributed by atoms with Crippen LogP contribution in [0.2, 0.25) is 0 Å². The monoisotopic (exact) mass is 224 g/mol. The van der Waals surface area contributed by atoms with Crippen LogP contribution in [0.15, 0.2) is 36.5 Å². The zero-order valence-electron chi connectivity index (χ0n) is 9.77. The van der Waals surface area contributed by atoms with Crippen LogP contribution in [-0.2, 0) is 0 Å². The largest absolute Gasteiger partial charge is 0.456 e. The van der Waals surface area contributed by atoms with Gasteiger partial charge in [0.05, 0.1) is 17.8 Å². The quantitative estimate of drug-likeness (QED) is 0.785. The molecule has 84 valence electrons.